The highest BCUT2D eigenvalue weighted by molar-refractivity contribution is 6.32. The van der Waals surface area contributed by atoms with Gasteiger partial charge in [-0.25, -0.2) is 0 Å². The van der Waals surface area contributed by atoms with Gasteiger partial charge in [-0.1, -0.05) is 60.1 Å². The van der Waals surface area contributed by atoms with E-state index in [9.17, 15) is 0 Å². The zero-order chi connectivity index (χ0) is 15.4. The Kier molecular flexibility index (Phi) is 2.67. The van der Waals surface area contributed by atoms with E-state index in [0.29, 0.717) is 0 Å². The van der Waals surface area contributed by atoms with E-state index in [1.54, 1.807) is 0 Å². The van der Waals surface area contributed by atoms with Crippen molar-refractivity contribution in [3.8, 4) is 16.9 Å². The fraction of sp³-hybridized carbons (Fsp3) is 0.0476. The van der Waals surface area contributed by atoms with Gasteiger partial charge in [0.2, 0.25) is 0 Å². The van der Waals surface area contributed by atoms with Crippen molar-refractivity contribution in [2.75, 3.05) is 0 Å². The summed E-state index contributed by atoms with van der Waals surface area (Å²) in [4.78, 5) is 0. The average molecular weight is 316 g/mol. The minimum atomic E-state index is 0.863. The molecule has 110 valence electrons. The highest BCUT2D eigenvalue weighted by atomic mass is 35.5. The fourth-order valence-electron chi connectivity index (χ4n) is 3.75. The topological polar surface area (TPSA) is 4.93 Å². The van der Waals surface area contributed by atoms with Gasteiger partial charge in [-0.3, -0.25) is 0 Å². The van der Waals surface area contributed by atoms with Crippen LogP contribution in [0.25, 0.3) is 27.8 Å². The van der Waals surface area contributed by atoms with E-state index in [1.807, 2.05) is 12.1 Å². The fourth-order valence-corrected chi connectivity index (χ4v) is 3.99. The largest absolute Gasteiger partial charge is 0.309 e. The minimum Gasteiger partial charge on any atom is -0.309 e. The van der Waals surface area contributed by atoms with Crippen molar-refractivity contribution in [2.45, 2.75) is 6.42 Å². The van der Waals surface area contributed by atoms with Crippen molar-refractivity contribution in [1.82, 2.24) is 4.57 Å². The van der Waals surface area contributed by atoms with Gasteiger partial charge in [-0.2, -0.15) is 0 Å². The Morgan fingerprint density at radius 2 is 1.52 bits per heavy atom. The normalized spacial score (nSPS) is 12.4. The van der Waals surface area contributed by atoms with E-state index in [2.05, 4.69) is 65.2 Å². The Morgan fingerprint density at radius 1 is 0.739 bits per heavy atom. The van der Waals surface area contributed by atoms with Gasteiger partial charge in [0.25, 0.3) is 0 Å². The number of benzene rings is 3. The molecule has 1 heterocycles. The lowest BCUT2D eigenvalue weighted by Gasteiger charge is -2.11. The molecule has 2 heteroatoms. The lowest BCUT2D eigenvalue weighted by Crippen LogP contribution is -1.96. The highest BCUT2D eigenvalue weighted by Crippen LogP contribution is 2.46. The van der Waals surface area contributed by atoms with Crippen LogP contribution in [0.1, 0.15) is 11.1 Å². The molecule has 0 atom stereocenters. The minimum absolute atomic E-state index is 0.863. The zero-order valence-electron chi connectivity index (χ0n) is 12.5. The molecule has 0 saturated carbocycles. The smallest absolute Gasteiger partial charge is 0.0579 e. The summed E-state index contributed by atoms with van der Waals surface area (Å²) in [5.41, 5.74) is 7.62. The van der Waals surface area contributed by atoms with Crippen LogP contribution in [0.5, 0.6) is 0 Å². The second kappa shape index (κ2) is 4.74. The van der Waals surface area contributed by atoms with E-state index in [-0.39, 0.29) is 0 Å². The lowest BCUT2D eigenvalue weighted by atomic mass is 10.1. The number of nitrogens with zero attached hydrogens (tertiary/aromatic N) is 1. The Hall–Kier alpha value is -2.51. The molecular formula is C21H14ClN. The first-order valence-corrected chi connectivity index (χ1v) is 8.18. The molecule has 0 N–H and O–H groups in total. The molecule has 0 saturated heterocycles. The molecule has 0 radical (unpaired) electrons. The molecule has 5 rings (SSSR count). The molecule has 1 nitrogen and oxygen atoms in total. The summed E-state index contributed by atoms with van der Waals surface area (Å²) in [7, 11) is 0. The van der Waals surface area contributed by atoms with Crippen LogP contribution in [0.3, 0.4) is 0 Å². The van der Waals surface area contributed by atoms with Crippen molar-refractivity contribution in [1.29, 1.82) is 0 Å². The number of halogens is 1. The van der Waals surface area contributed by atoms with Gasteiger partial charge in [-0.15, -0.1) is 0 Å². The van der Waals surface area contributed by atoms with Crippen molar-refractivity contribution in [3.63, 3.8) is 0 Å². The molecule has 0 spiro atoms. The summed E-state index contributed by atoms with van der Waals surface area (Å²) < 4.78 is 2.37. The lowest BCUT2D eigenvalue weighted by molar-refractivity contribution is 1.13. The van der Waals surface area contributed by atoms with Crippen LogP contribution in [0, 0.1) is 0 Å². The first-order valence-electron chi connectivity index (χ1n) is 7.80. The number of para-hydroxylation sites is 2. The van der Waals surface area contributed by atoms with Crippen LogP contribution in [-0.4, -0.2) is 4.57 Å². The first-order chi connectivity index (χ1) is 11.3. The second-order valence-electron chi connectivity index (χ2n) is 5.96. The monoisotopic (exact) mass is 315 g/mol. The van der Waals surface area contributed by atoms with Gasteiger partial charge in [0.1, 0.15) is 0 Å². The van der Waals surface area contributed by atoms with Crippen LogP contribution in [0.2, 0.25) is 5.02 Å². The summed E-state index contributed by atoms with van der Waals surface area (Å²) in [6, 6.07) is 25.4. The quantitative estimate of drug-likeness (QED) is 0.365. The maximum absolute atomic E-state index is 6.46. The number of aromatic nitrogens is 1. The molecule has 1 aromatic heterocycles. The Labute approximate surface area is 139 Å². The number of fused-ring (bicyclic) bond motifs is 5. The highest BCUT2D eigenvalue weighted by Gasteiger charge is 2.28. The van der Waals surface area contributed by atoms with Crippen LogP contribution in [-0.2, 0) is 6.42 Å². The molecule has 1 aliphatic rings. The second-order valence-corrected chi connectivity index (χ2v) is 6.37. The maximum atomic E-state index is 6.46. The Balaban J connectivity index is 1.95. The van der Waals surface area contributed by atoms with E-state index in [1.165, 1.54) is 39.0 Å². The molecule has 4 aromatic rings. The molecule has 0 amide bonds. The molecular weight excluding hydrogens is 302 g/mol. The van der Waals surface area contributed by atoms with Crippen LogP contribution in [0.15, 0.2) is 72.8 Å². The molecule has 1 aliphatic carbocycles. The number of hydrogen-bond acceptors (Lipinski definition) is 0. The third kappa shape index (κ3) is 1.74. The van der Waals surface area contributed by atoms with Gasteiger partial charge < -0.3 is 4.57 Å². The van der Waals surface area contributed by atoms with Crippen molar-refractivity contribution in [2.24, 2.45) is 0 Å². The van der Waals surface area contributed by atoms with Gasteiger partial charge >= 0.3 is 0 Å². The van der Waals surface area contributed by atoms with Crippen molar-refractivity contribution in [3.05, 3.63) is 88.9 Å². The summed E-state index contributed by atoms with van der Waals surface area (Å²) in [6.07, 6.45) is 0.907. The van der Waals surface area contributed by atoms with Gasteiger partial charge in [-0.05, 0) is 35.4 Å². The molecule has 0 unspecified atom stereocenters. The summed E-state index contributed by atoms with van der Waals surface area (Å²) in [5.74, 6) is 0. The predicted molar refractivity (Wildman–Crippen MR) is 96.5 cm³/mol. The van der Waals surface area contributed by atoms with Gasteiger partial charge in [0, 0.05) is 28.1 Å². The molecule has 3 aromatic carbocycles. The average Bonchev–Trinajstić information content (AvgIpc) is 3.12. The maximum Gasteiger partial charge on any atom is 0.0579 e. The van der Waals surface area contributed by atoms with Crippen LogP contribution >= 0.6 is 11.6 Å². The Morgan fingerprint density at radius 3 is 2.39 bits per heavy atom. The summed E-state index contributed by atoms with van der Waals surface area (Å²) >= 11 is 6.46. The van der Waals surface area contributed by atoms with E-state index >= 15 is 0 Å². The molecule has 0 fully saturated rings. The predicted octanol–water partition coefficient (Wildman–Crippen LogP) is 5.86. The summed E-state index contributed by atoms with van der Waals surface area (Å²) in [5, 5.41) is 2.18. The van der Waals surface area contributed by atoms with E-state index in [4.69, 9.17) is 11.6 Å². The van der Waals surface area contributed by atoms with Gasteiger partial charge in [0.15, 0.2) is 0 Å². The van der Waals surface area contributed by atoms with Crippen molar-refractivity contribution >= 4 is 22.5 Å². The van der Waals surface area contributed by atoms with Crippen molar-refractivity contribution < 1.29 is 0 Å². The van der Waals surface area contributed by atoms with E-state index < -0.39 is 0 Å². The van der Waals surface area contributed by atoms with E-state index in [0.717, 1.165) is 11.4 Å². The molecule has 23 heavy (non-hydrogen) atoms. The van der Waals surface area contributed by atoms with Gasteiger partial charge in [0.05, 0.1) is 11.2 Å². The number of rotatable bonds is 1. The standard InChI is InChI=1S/C21H14ClN/c22-19-11-6-10-16-17(19)13-18-15-9-4-5-12-20(15)23(21(16)18)14-7-2-1-3-8-14/h1-12H,13H2. The third-order valence-electron chi connectivity index (χ3n) is 4.72. The summed E-state index contributed by atoms with van der Waals surface area (Å²) in [6.45, 7) is 0. The van der Waals surface area contributed by atoms with Crippen LogP contribution < -0.4 is 0 Å². The Bertz CT molecular complexity index is 1040. The zero-order valence-corrected chi connectivity index (χ0v) is 13.2. The third-order valence-corrected chi connectivity index (χ3v) is 5.08. The molecule has 0 aliphatic heterocycles. The number of hydrogen-bond donors (Lipinski definition) is 0. The SMILES string of the molecule is Clc1cccc2c1Cc1c-2n(-c2ccccc2)c2ccccc12. The van der Waals surface area contributed by atoms with Crippen LogP contribution in [0.4, 0.5) is 0 Å². The molecule has 0 bridgehead atoms. The first kappa shape index (κ1) is 13.0.